The Bertz CT molecular complexity index is 244. The van der Waals surface area contributed by atoms with E-state index in [0.29, 0.717) is 12.6 Å². The average Bonchev–Trinajstić information content (AvgIpc) is 2.34. The Morgan fingerprint density at radius 2 is 1.84 bits per heavy atom. The van der Waals surface area contributed by atoms with Crippen LogP contribution in [0.1, 0.15) is 53.9 Å². The van der Waals surface area contributed by atoms with Gasteiger partial charge in [0.05, 0.1) is 6.61 Å². The number of hydrogen-bond acceptors (Lipinski definition) is 4. The van der Waals surface area contributed by atoms with Crippen LogP contribution in [0.15, 0.2) is 0 Å². The molecule has 0 aromatic heterocycles. The fraction of sp³-hybridized carbons (Fsp3) is 0.933. The maximum absolute atomic E-state index is 11.9. The van der Waals surface area contributed by atoms with Crippen LogP contribution in [0.2, 0.25) is 0 Å². The van der Waals surface area contributed by atoms with Gasteiger partial charge in [0.2, 0.25) is 0 Å². The Labute approximate surface area is 118 Å². The van der Waals surface area contributed by atoms with Gasteiger partial charge in [0.25, 0.3) is 0 Å². The molecule has 0 radical (unpaired) electrons. The van der Waals surface area contributed by atoms with E-state index in [-0.39, 0.29) is 18.1 Å². The highest BCUT2D eigenvalue weighted by molar-refractivity contribution is 5.75. The molecule has 0 aromatic rings. The summed E-state index contributed by atoms with van der Waals surface area (Å²) < 4.78 is 5.13. The summed E-state index contributed by atoms with van der Waals surface area (Å²) in [4.78, 5) is 14.2. The number of esters is 1. The molecule has 1 N–H and O–H groups in total. The van der Waals surface area contributed by atoms with E-state index >= 15 is 0 Å². The number of hydrogen-bond donors (Lipinski definition) is 1. The van der Waals surface area contributed by atoms with Crippen LogP contribution in [-0.4, -0.2) is 49.2 Å². The normalized spacial score (nSPS) is 14.7. The highest BCUT2D eigenvalue weighted by atomic mass is 16.5. The fourth-order valence-electron chi connectivity index (χ4n) is 2.11. The first-order valence-corrected chi connectivity index (χ1v) is 7.55. The Hall–Kier alpha value is -0.610. The minimum absolute atomic E-state index is 0.132. The lowest BCUT2D eigenvalue weighted by molar-refractivity contribution is -0.146. The standard InChI is InChI=1S/C15H32N2O2/c1-7-9-13(5)17(6)11-10-14(16-12(3)4)15(18)19-8-2/h12-14,16H,7-11H2,1-6H3. The van der Waals surface area contributed by atoms with Crippen LogP contribution < -0.4 is 5.32 Å². The van der Waals surface area contributed by atoms with E-state index in [2.05, 4.69) is 45.0 Å². The van der Waals surface area contributed by atoms with Gasteiger partial charge in [0, 0.05) is 18.6 Å². The first-order chi connectivity index (χ1) is 8.92. The minimum Gasteiger partial charge on any atom is -0.465 e. The van der Waals surface area contributed by atoms with E-state index in [9.17, 15) is 4.79 Å². The molecule has 0 amide bonds. The van der Waals surface area contributed by atoms with E-state index in [1.54, 1.807) is 0 Å². The van der Waals surface area contributed by atoms with Gasteiger partial charge in [-0.15, -0.1) is 0 Å². The summed E-state index contributed by atoms with van der Waals surface area (Å²) in [5.74, 6) is -0.132. The van der Waals surface area contributed by atoms with Crippen LogP contribution in [0.5, 0.6) is 0 Å². The van der Waals surface area contributed by atoms with Crippen LogP contribution >= 0.6 is 0 Å². The van der Waals surface area contributed by atoms with Gasteiger partial charge in [0.1, 0.15) is 6.04 Å². The van der Waals surface area contributed by atoms with Gasteiger partial charge in [-0.05, 0) is 33.7 Å². The first-order valence-electron chi connectivity index (χ1n) is 7.55. The molecule has 19 heavy (non-hydrogen) atoms. The zero-order valence-corrected chi connectivity index (χ0v) is 13.5. The van der Waals surface area contributed by atoms with E-state index in [1.807, 2.05) is 6.92 Å². The van der Waals surface area contributed by atoms with Crippen molar-refractivity contribution in [3.8, 4) is 0 Å². The van der Waals surface area contributed by atoms with Crippen LogP contribution in [-0.2, 0) is 9.53 Å². The predicted octanol–water partition coefficient (Wildman–Crippen LogP) is 2.43. The lowest BCUT2D eigenvalue weighted by Crippen LogP contribution is -2.44. The SMILES string of the molecule is CCCC(C)N(C)CCC(NC(C)C)C(=O)OCC. The topological polar surface area (TPSA) is 41.6 Å². The Morgan fingerprint density at radius 3 is 2.32 bits per heavy atom. The molecule has 0 aliphatic heterocycles. The lowest BCUT2D eigenvalue weighted by Gasteiger charge is -2.27. The van der Waals surface area contributed by atoms with E-state index < -0.39 is 0 Å². The summed E-state index contributed by atoms with van der Waals surface area (Å²) in [5.41, 5.74) is 0. The van der Waals surface area contributed by atoms with Gasteiger partial charge >= 0.3 is 5.97 Å². The summed E-state index contributed by atoms with van der Waals surface area (Å²) in [7, 11) is 2.12. The van der Waals surface area contributed by atoms with Crippen LogP contribution in [0, 0.1) is 0 Å². The summed E-state index contributed by atoms with van der Waals surface area (Å²) >= 11 is 0. The second kappa shape index (κ2) is 10.2. The number of carbonyl (C=O) groups excluding carboxylic acids is 1. The zero-order valence-electron chi connectivity index (χ0n) is 13.5. The second-order valence-corrected chi connectivity index (χ2v) is 5.53. The van der Waals surface area contributed by atoms with Crippen molar-refractivity contribution in [3.63, 3.8) is 0 Å². The Kier molecular flexibility index (Phi) is 9.88. The molecular weight excluding hydrogens is 240 g/mol. The van der Waals surface area contributed by atoms with Crippen molar-refractivity contribution in [2.45, 2.75) is 72.0 Å². The predicted molar refractivity (Wildman–Crippen MR) is 80.3 cm³/mol. The monoisotopic (exact) mass is 272 g/mol. The van der Waals surface area contributed by atoms with Crippen molar-refractivity contribution in [1.29, 1.82) is 0 Å². The van der Waals surface area contributed by atoms with Crippen LogP contribution in [0.25, 0.3) is 0 Å². The number of rotatable bonds is 10. The smallest absolute Gasteiger partial charge is 0.323 e. The average molecular weight is 272 g/mol. The lowest BCUT2D eigenvalue weighted by atomic mass is 10.1. The molecule has 0 aliphatic carbocycles. The second-order valence-electron chi connectivity index (χ2n) is 5.53. The molecule has 114 valence electrons. The van der Waals surface area contributed by atoms with Crippen LogP contribution in [0.3, 0.4) is 0 Å². The Balaban J connectivity index is 4.28. The molecular formula is C15H32N2O2. The maximum Gasteiger partial charge on any atom is 0.323 e. The van der Waals surface area contributed by atoms with Crippen molar-refractivity contribution in [3.05, 3.63) is 0 Å². The highest BCUT2D eigenvalue weighted by Crippen LogP contribution is 2.07. The molecule has 0 heterocycles. The minimum atomic E-state index is -0.198. The first kappa shape index (κ1) is 18.4. The highest BCUT2D eigenvalue weighted by Gasteiger charge is 2.21. The van der Waals surface area contributed by atoms with Gasteiger partial charge in [-0.3, -0.25) is 4.79 Å². The van der Waals surface area contributed by atoms with Gasteiger partial charge in [-0.2, -0.15) is 0 Å². The number of ether oxygens (including phenoxy) is 1. The summed E-state index contributed by atoms with van der Waals surface area (Å²) in [5, 5.41) is 3.29. The van der Waals surface area contributed by atoms with Gasteiger partial charge in [-0.1, -0.05) is 27.2 Å². The third kappa shape index (κ3) is 8.22. The van der Waals surface area contributed by atoms with E-state index in [0.717, 1.165) is 13.0 Å². The largest absolute Gasteiger partial charge is 0.465 e. The molecule has 0 saturated heterocycles. The van der Waals surface area contributed by atoms with Crippen molar-refractivity contribution in [2.75, 3.05) is 20.2 Å². The number of carbonyl (C=O) groups is 1. The van der Waals surface area contributed by atoms with Gasteiger partial charge in [-0.25, -0.2) is 0 Å². The van der Waals surface area contributed by atoms with Crippen molar-refractivity contribution < 1.29 is 9.53 Å². The number of nitrogens with one attached hydrogen (secondary N) is 1. The zero-order chi connectivity index (χ0) is 14.8. The summed E-state index contributed by atoms with van der Waals surface area (Å²) in [6.07, 6.45) is 3.18. The Morgan fingerprint density at radius 1 is 1.21 bits per heavy atom. The van der Waals surface area contributed by atoms with Crippen molar-refractivity contribution in [1.82, 2.24) is 10.2 Å². The molecule has 4 heteroatoms. The summed E-state index contributed by atoms with van der Waals surface area (Å²) in [6, 6.07) is 0.649. The molecule has 0 bridgehead atoms. The quantitative estimate of drug-likeness (QED) is 0.620. The van der Waals surface area contributed by atoms with E-state index in [4.69, 9.17) is 4.74 Å². The van der Waals surface area contributed by atoms with Gasteiger partial charge < -0.3 is 15.0 Å². The molecule has 0 spiro atoms. The molecule has 0 aromatic carbocycles. The molecule has 0 aliphatic rings. The van der Waals surface area contributed by atoms with Crippen molar-refractivity contribution in [2.24, 2.45) is 0 Å². The molecule has 0 fully saturated rings. The molecule has 0 saturated carbocycles. The number of nitrogens with zero attached hydrogens (tertiary/aromatic N) is 1. The third-order valence-electron chi connectivity index (χ3n) is 3.34. The maximum atomic E-state index is 11.9. The third-order valence-corrected chi connectivity index (χ3v) is 3.34. The van der Waals surface area contributed by atoms with E-state index in [1.165, 1.54) is 12.8 Å². The summed E-state index contributed by atoms with van der Waals surface area (Å²) in [6.45, 7) is 11.7. The molecule has 2 atom stereocenters. The van der Waals surface area contributed by atoms with Crippen LogP contribution in [0.4, 0.5) is 0 Å². The molecule has 0 rings (SSSR count). The molecule has 4 nitrogen and oxygen atoms in total. The molecule has 2 unspecified atom stereocenters. The fourth-order valence-corrected chi connectivity index (χ4v) is 2.11. The van der Waals surface area contributed by atoms with Crippen molar-refractivity contribution >= 4 is 5.97 Å². The van der Waals surface area contributed by atoms with Gasteiger partial charge in [0.15, 0.2) is 0 Å².